The first kappa shape index (κ1) is 17.9. The molecule has 0 saturated carbocycles. The van der Waals surface area contributed by atoms with E-state index in [0.717, 1.165) is 46.9 Å². The van der Waals surface area contributed by atoms with Gasteiger partial charge in [0.1, 0.15) is 5.01 Å². The zero-order chi connectivity index (χ0) is 18.8. The van der Waals surface area contributed by atoms with Crippen LogP contribution in [-0.2, 0) is 24.2 Å². The van der Waals surface area contributed by atoms with E-state index >= 15 is 0 Å². The van der Waals surface area contributed by atoms with Crippen LogP contribution in [0, 0.1) is 19.8 Å². The smallest absolute Gasteiger partial charge is 0.223 e. The molecule has 7 heteroatoms. The Balaban J connectivity index is 1.35. The fraction of sp³-hybridized carbons (Fsp3) is 0.400. The normalized spacial score (nSPS) is 16.1. The number of rotatable bonds is 5. The monoisotopic (exact) mass is 381 g/mol. The first-order chi connectivity index (χ1) is 13.1. The highest BCUT2D eigenvalue weighted by Crippen LogP contribution is 2.34. The first-order valence-corrected chi connectivity index (χ1v) is 10.1. The van der Waals surface area contributed by atoms with Crippen molar-refractivity contribution in [2.24, 2.45) is 5.92 Å². The predicted molar refractivity (Wildman–Crippen MR) is 106 cm³/mol. The molecule has 0 aromatic carbocycles. The molecule has 1 atom stereocenters. The molecule has 0 aliphatic heterocycles. The Hall–Kier alpha value is -2.54. The minimum atomic E-state index is 0.00495. The third-order valence-corrected chi connectivity index (χ3v) is 6.17. The molecule has 0 spiro atoms. The molecule has 1 aliphatic rings. The lowest BCUT2D eigenvalue weighted by Crippen LogP contribution is -2.36. The largest absolute Gasteiger partial charge is 0.354 e. The molecule has 3 aromatic rings. The molecule has 1 unspecified atom stereocenters. The Morgan fingerprint density at radius 3 is 2.89 bits per heavy atom. The average Bonchev–Trinajstić information content (AvgIpc) is 3.24. The van der Waals surface area contributed by atoms with Crippen molar-refractivity contribution in [2.75, 3.05) is 6.54 Å². The van der Waals surface area contributed by atoms with Gasteiger partial charge in [-0.3, -0.25) is 14.5 Å². The number of nitrogens with one attached hydrogen (secondary N) is 1. The van der Waals surface area contributed by atoms with Gasteiger partial charge in [-0.25, -0.2) is 4.98 Å². The number of nitrogens with zero attached hydrogens (tertiary/aromatic N) is 4. The van der Waals surface area contributed by atoms with Gasteiger partial charge in [-0.1, -0.05) is 0 Å². The van der Waals surface area contributed by atoms with E-state index in [0.29, 0.717) is 13.1 Å². The molecule has 140 valence electrons. The van der Waals surface area contributed by atoms with Gasteiger partial charge >= 0.3 is 0 Å². The maximum atomic E-state index is 12.6. The lowest BCUT2D eigenvalue weighted by molar-refractivity contribution is -0.125. The fourth-order valence-corrected chi connectivity index (χ4v) is 4.66. The van der Waals surface area contributed by atoms with E-state index in [9.17, 15) is 4.79 Å². The van der Waals surface area contributed by atoms with Gasteiger partial charge in [0.2, 0.25) is 5.91 Å². The number of hydrogen-bond donors (Lipinski definition) is 1. The van der Waals surface area contributed by atoms with Crippen LogP contribution in [0.25, 0.3) is 10.6 Å². The summed E-state index contributed by atoms with van der Waals surface area (Å²) in [4.78, 5) is 22.8. The average molecular weight is 382 g/mol. The van der Waals surface area contributed by atoms with Crippen molar-refractivity contribution in [3.05, 3.63) is 52.6 Å². The summed E-state index contributed by atoms with van der Waals surface area (Å²) in [6.45, 7) is 5.32. The molecule has 1 N–H and O–H groups in total. The van der Waals surface area contributed by atoms with Crippen LogP contribution in [-0.4, -0.2) is 32.2 Å². The third-order valence-electron chi connectivity index (χ3n) is 4.96. The highest BCUT2D eigenvalue weighted by molar-refractivity contribution is 7.15. The molecular formula is C20H23N5OS. The van der Waals surface area contributed by atoms with Crippen molar-refractivity contribution in [2.45, 2.75) is 39.7 Å². The molecule has 0 saturated heterocycles. The van der Waals surface area contributed by atoms with E-state index in [1.807, 2.05) is 36.7 Å². The summed E-state index contributed by atoms with van der Waals surface area (Å²) in [7, 11) is 0. The van der Waals surface area contributed by atoms with E-state index in [1.165, 1.54) is 4.88 Å². The topological polar surface area (TPSA) is 72.7 Å². The maximum absolute atomic E-state index is 12.6. The van der Waals surface area contributed by atoms with Gasteiger partial charge in [0.25, 0.3) is 0 Å². The van der Waals surface area contributed by atoms with Crippen molar-refractivity contribution in [1.82, 2.24) is 25.1 Å². The summed E-state index contributed by atoms with van der Waals surface area (Å²) in [5.41, 5.74) is 4.30. The lowest BCUT2D eigenvalue weighted by Gasteiger charge is -2.20. The zero-order valence-corrected chi connectivity index (χ0v) is 16.4. The Morgan fingerprint density at radius 2 is 2.15 bits per heavy atom. The van der Waals surface area contributed by atoms with Gasteiger partial charge in [-0.2, -0.15) is 5.10 Å². The Bertz CT molecular complexity index is 947. The van der Waals surface area contributed by atoms with Crippen LogP contribution in [0.3, 0.4) is 0 Å². The summed E-state index contributed by atoms with van der Waals surface area (Å²) >= 11 is 1.74. The summed E-state index contributed by atoms with van der Waals surface area (Å²) in [5, 5.41) is 8.53. The number of pyridine rings is 1. The van der Waals surface area contributed by atoms with E-state index in [4.69, 9.17) is 4.98 Å². The molecule has 3 heterocycles. The lowest BCUT2D eigenvalue weighted by atomic mass is 9.90. The molecule has 1 aliphatic carbocycles. The van der Waals surface area contributed by atoms with Crippen LogP contribution in [0.5, 0.6) is 0 Å². The van der Waals surface area contributed by atoms with Crippen molar-refractivity contribution in [3.8, 4) is 10.6 Å². The standard InChI is InChI=1S/C20H23N5OS/c1-13-11-14(2)25(24-13)10-9-22-19(26)16-3-4-18-17(12-16)23-20(27-18)15-5-7-21-8-6-15/h5-8,11,16H,3-4,9-10,12H2,1-2H3,(H,22,26). The Morgan fingerprint density at radius 1 is 1.33 bits per heavy atom. The Labute approximate surface area is 162 Å². The number of carbonyl (C=O) groups is 1. The number of amides is 1. The van der Waals surface area contributed by atoms with Gasteiger partial charge in [0, 0.05) is 47.4 Å². The highest BCUT2D eigenvalue weighted by Gasteiger charge is 2.27. The number of hydrogen-bond acceptors (Lipinski definition) is 5. The molecule has 0 fully saturated rings. The van der Waals surface area contributed by atoms with E-state index in [2.05, 4.69) is 15.4 Å². The van der Waals surface area contributed by atoms with E-state index in [1.54, 1.807) is 23.7 Å². The molecule has 0 bridgehead atoms. The molecule has 27 heavy (non-hydrogen) atoms. The van der Waals surface area contributed by atoms with Crippen LogP contribution in [0.4, 0.5) is 0 Å². The summed E-state index contributed by atoms with van der Waals surface area (Å²) in [5.74, 6) is 0.131. The highest BCUT2D eigenvalue weighted by atomic mass is 32.1. The second-order valence-electron chi connectivity index (χ2n) is 7.01. The second-order valence-corrected chi connectivity index (χ2v) is 8.09. The van der Waals surface area contributed by atoms with Crippen LogP contribution in [0.1, 0.15) is 28.4 Å². The molecule has 6 nitrogen and oxygen atoms in total. The minimum Gasteiger partial charge on any atom is -0.354 e. The third kappa shape index (κ3) is 3.93. The summed E-state index contributed by atoms with van der Waals surface area (Å²) in [6, 6.07) is 6.01. The SMILES string of the molecule is Cc1cc(C)n(CCNC(=O)C2CCc3sc(-c4ccncc4)nc3C2)n1. The number of carbonyl (C=O) groups excluding carboxylic acids is 1. The molecule has 1 amide bonds. The van der Waals surface area contributed by atoms with Crippen LogP contribution in [0.2, 0.25) is 0 Å². The van der Waals surface area contributed by atoms with E-state index < -0.39 is 0 Å². The van der Waals surface area contributed by atoms with Crippen molar-refractivity contribution in [3.63, 3.8) is 0 Å². The van der Waals surface area contributed by atoms with Crippen molar-refractivity contribution >= 4 is 17.2 Å². The van der Waals surface area contributed by atoms with Crippen molar-refractivity contribution in [1.29, 1.82) is 0 Å². The van der Waals surface area contributed by atoms with Gasteiger partial charge in [-0.15, -0.1) is 11.3 Å². The van der Waals surface area contributed by atoms with Gasteiger partial charge in [0.15, 0.2) is 0 Å². The fourth-order valence-electron chi connectivity index (χ4n) is 3.55. The van der Waals surface area contributed by atoms with Crippen LogP contribution >= 0.6 is 11.3 Å². The molecule has 4 rings (SSSR count). The number of aromatic nitrogens is 4. The summed E-state index contributed by atoms with van der Waals surface area (Å²) in [6.07, 6.45) is 6.11. The van der Waals surface area contributed by atoms with Gasteiger partial charge in [-0.05, 0) is 44.9 Å². The second kappa shape index (κ2) is 7.60. The van der Waals surface area contributed by atoms with Gasteiger partial charge < -0.3 is 5.32 Å². The molecule has 0 radical (unpaired) electrons. The quantitative estimate of drug-likeness (QED) is 0.737. The van der Waals surface area contributed by atoms with Crippen LogP contribution < -0.4 is 5.32 Å². The Kier molecular flexibility index (Phi) is 5.03. The maximum Gasteiger partial charge on any atom is 0.223 e. The van der Waals surface area contributed by atoms with Gasteiger partial charge in [0.05, 0.1) is 17.9 Å². The molecule has 3 aromatic heterocycles. The number of aryl methyl sites for hydroxylation is 3. The zero-order valence-electron chi connectivity index (χ0n) is 15.6. The number of fused-ring (bicyclic) bond motifs is 1. The first-order valence-electron chi connectivity index (χ1n) is 9.28. The minimum absolute atomic E-state index is 0.00495. The van der Waals surface area contributed by atoms with Crippen LogP contribution in [0.15, 0.2) is 30.6 Å². The summed E-state index contributed by atoms with van der Waals surface area (Å²) < 4.78 is 1.94. The number of thiazole rings is 1. The molecular weight excluding hydrogens is 358 g/mol. The van der Waals surface area contributed by atoms with E-state index in [-0.39, 0.29) is 11.8 Å². The van der Waals surface area contributed by atoms with Crippen molar-refractivity contribution < 1.29 is 4.79 Å². The predicted octanol–water partition coefficient (Wildman–Crippen LogP) is 2.94.